The Morgan fingerprint density at radius 2 is 2.08 bits per heavy atom. The highest BCUT2D eigenvalue weighted by Crippen LogP contribution is 2.27. The van der Waals surface area contributed by atoms with E-state index in [4.69, 9.17) is 0 Å². The summed E-state index contributed by atoms with van der Waals surface area (Å²) in [6.07, 6.45) is 0. The van der Waals surface area contributed by atoms with Gasteiger partial charge in [-0.3, -0.25) is 4.79 Å². The quantitative estimate of drug-likeness (QED) is 0.372. The van der Waals surface area contributed by atoms with Crippen LogP contribution in [0.3, 0.4) is 0 Å². The van der Waals surface area contributed by atoms with E-state index in [1.54, 1.807) is 23.7 Å². The Bertz CT molecular complexity index is 1000. The smallest absolute Gasteiger partial charge is 0.193 e. The SMILES string of the molecule is Cn1c(C(C#N)C(=O)c2cc(O)ccc2[NH+]([O-])O)nc2ccccc21. The van der Waals surface area contributed by atoms with Crippen LogP contribution in [0.25, 0.3) is 11.0 Å². The molecular weight excluding hydrogens is 324 g/mol. The Morgan fingerprint density at radius 1 is 1.36 bits per heavy atom. The van der Waals surface area contributed by atoms with Crippen molar-refractivity contribution in [3.8, 4) is 11.8 Å². The van der Waals surface area contributed by atoms with Crippen LogP contribution in [0.2, 0.25) is 0 Å². The zero-order valence-electron chi connectivity index (χ0n) is 13.2. The molecule has 0 aliphatic carbocycles. The number of hydrogen-bond donors (Lipinski definition) is 3. The Balaban J connectivity index is 2.13. The maximum Gasteiger partial charge on any atom is 0.193 e. The molecule has 0 amide bonds. The predicted molar refractivity (Wildman–Crippen MR) is 87.3 cm³/mol. The van der Waals surface area contributed by atoms with Gasteiger partial charge in [0.05, 0.1) is 22.7 Å². The van der Waals surface area contributed by atoms with E-state index in [1.165, 1.54) is 6.07 Å². The van der Waals surface area contributed by atoms with Crippen molar-refractivity contribution in [1.82, 2.24) is 9.55 Å². The van der Waals surface area contributed by atoms with Crippen LogP contribution in [-0.4, -0.2) is 25.6 Å². The van der Waals surface area contributed by atoms with Gasteiger partial charge in [0.15, 0.2) is 17.4 Å². The summed E-state index contributed by atoms with van der Waals surface area (Å²) in [4.78, 5) is 17.2. The molecule has 126 valence electrons. The van der Waals surface area contributed by atoms with Crippen molar-refractivity contribution >= 4 is 22.5 Å². The van der Waals surface area contributed by atoms with Crippen molar-refractivity contribution in [3.05, 3.63) is 59.1 Å². The van der Waals surface area contributed by atoms with Gasteiger partial charge < -0.3 is 14.9 Å². The Morgan fingerprint density at radius 3 is 2.72 bits per heavy atom. The molecule has 0 radical (unpaired) electrons. The zero-order valence-corrected chi connectivity index (χ0v) is 13.2. The van der Waals surface area contributed by atoms with Gasteiger partial charge in [-0.05, 0) is 24.3 Å². The molecule has 0 saturated heterocycles. The molecule has 0 saturated carbocycles. The number of hydrogen-bond acceptors (Lipinski definition) is 6. The number of aromatic hydroxyl groups is 1. The third-order valence-electron chi connectivity index (χ3n) is 3.97. The molecule has 25 heavy (non-hydrogen) atoms. The Kier molecular flexibility index (Phi) is 4.21. The molecule has 8 nitrogen and oxygen atoms in total. The molecule has 0 aliphatic rings. The lowest BCUT2D eigenvalue weighted by Crippen LogP contribution is -2.99. The van der Waals surface area contributed by atoms with Crippen molar-refractivity contribution in [2.24, 2.45) is 7.05 Å². The van der Waals surface area contributed by atoms with E-state index < -0.39 is 16.9 Å². The number of aryl methyl sites for hydroxylation is 1. The summed E-state index contributed by atoms with van der Waals surface area (Å²) in [5, 5.41) is 38.4. The molecule has 0 fully saturated rings. The fourth-order valence-electron chi connectivity index (χ4n) is 2.73. The average molecular weight is 338 g/mol. The zero-order chi connectivity index (χ0) is 18.1. The van der Waals surface area contributed by atoms with E-state index >= 15 is 0 Å². The molecule has 0 spiro atoms. The molecule has 1 aromatic heterocycles. The number of nitrogens with one attached hydrogen (secondary N) is 1. The first-order valence-corrected chi connectivity index (χ1v) is 7.35. The van der Waals surface area contributed by atoms with Crippen LogP contribution in [0, 0.1) is 16.5 Å². The second-order valence-electron chi connectivity index (χ2n) is 5.48. The topological polar surface area (TPSA) is 127 Å². The number of ketones is 1. The average Bonchev–Trinajstić information content (AvgIpc) is 2.92. The number of rotatable bonds is 4. The standard InChI is InChI=1S/C17H14N4O4/c1-20-15-5-3-2-4-13(15)19-17(20)12(9-18)16(23)11-8-10(22)6-7-14(11)21(24)25/h2-8,12,21-22,24H,1H3. The number of carbonyl (C=O) groups is 1. The van der Waals surface area contributed by atoms with Crippen LogP contribution in [0.15, 0.2) is 42.5 Å². The van der Waals surface area contributed by atoms with Crippen LogP contribution in [0.1, 0.15) is 22.1 Å². The van der Waals surface area contributed by atoms with E-state index in [-0.39, 0.29) is 22.8 Å². The second-order valence-corrected chi connectivity index (χ2v) is 5.48. The van der Waals surface area contributed by atoms with Gasteiger partial charge in [0.1, 0.15) is 11.6 Å². The highest BCUT2D eigenvalue weighted by Gasteiger charge is 2.30. The lowest BCUT2D eigenvalue weighted by atomic mass is 9.96. The van der Waals surface area contributed by atoms with Crippen molar-refractivity contribution in [2.45, 2.75) is 5.92 Å². The van der Waals surface area contributed by atoms with Crippen LogP contribution < -0.4 is 5.23 Å². The van der Waals surface area contributed by atoms with Crippen LogP contribution in [0.5, 0.6) is 5.75 Å². The maximum absolute atomic E-state index is 12.8. The molecule has 1 heterocycles. The molecule has 2 aromatic carbocycles. The highest BCUT2D eigenvalue weighted by molar-refractivity contribution is 6.05. The minimum Gasteiger partial charge on any atom is -0.595 e. The molecular formula is C17H14N4O4. The lowest BCUT2D eigenvalue weighted by molar-refractivity contribution is -0.991. The molecule has 3 N–H and O–H groups in total. The largest absolute Gasteiger partial charge is 0.595 e. The fourth-order valence-corrected chi connectivity index (χ4v) is 2.73. The number of aromatic nitrogens is 2. The molecule has 2 atom stereocenters. The minimum absolute atomic E-state index is 0.216. The predicted octanol–water partition coefficient (Wildman–Crippen LogP) is 1.17. The molecule has 3 aromatic rings. The van der Waals surface area contributed by atoms with Gasteiger partial charge in [0, 0.05) is 13.1 Å². The Hall–Kier alpha value is -3.25. The van der Waals surface area contributed by atoms with Crippen molar-refractivity contribution in [3.63, 3.8) is 0 Å². The number of benzene rings is 2. The summed E-state index contributed by atoms with van der Waals surface area (Å²) >= 11 is 0. The van der Waals surface area contributed by atoms with Gasteiger partial charge in [-0.25, -0.2) is 10.2 Å². The first kappa shape index (κ1) is 16.6. The Labute approximate surface area is 142 Å². The first-order valence-electron chi connectivity index (χ1n) is 7.35. The van der Waals surface area contributed by atoms with Crippen molar-refractivity contribution in [2.75, 3.05) is 0 Å². The number of phenolic OH excluding ortho intramolecular Hbond substituents is 1. The number of quaternary nitrogens is 1. The van der Waals surface area contributed by atoms with Gasteiger partial charge >= 0.3 is 0 Å². The van der Waals surface area contributed by atoms with E-state index in [2.05, 4.69) is 4.98 Å². The number of phenols is 1. The van der Waals surface area contributed by atoms with Crippen LogP contribution in [0.4, 0.5) is 5.69 Å². The van der Waals surface area contributed by atoms with E-state index in [0.29, 0.717) is 5.52 Å². The molecule has 0 bridgehead atoms. The maximum atomic E-state index is 12.8. The van der Waals surface area contributed by atoms with Crippen LogP contribution in [-0.2, 0) is 7.05 Å². The van der Waals surface area contributed by atoms with E-state index in [0.717, 1.165) is 17.6 Å². The first-order chi connectivity index (χ1) is 11.9. The molecule has 8 heteroatoms. The number of nitriles is 1. The molecule has 2 unspecified atom stereocenters. The summed E-state index contributed by atoms with van der Waals surface area (Å²) in [5.74, 6) is -2.06. The monoisotopic (exact) mass is 338 g/mol. The van der Waals surface area contributed by atoms with Gasteiger partial charge in [-0.1, -0.05) is 12.1 Å². The van der Waals surface area contributed by atoms with Crippen molar-refractivity contribution in [1.29, 1.82) is 5.26 Å². The number of Topliss-reactive ketones (excluding diaryl/α,β-unsaturated/α-hetero) is 1. The number of carbonyl (C=O) groups excluding carboxylic acids is 1. The van der Waals surface area contributed by atoms with Gasteiger partial charge in [0.2, 0.25) is 0 Å². The van der Waals surface area contributed by atoms with Gasteiger partial charge in [-0.2, -0.15) is 10.5 Å². The molecule has 0 aliphatic heterocycles. The summed E-state index contributed by atoms with van der Waals surface area (Å²) in [6.45, 7) is 0. The third-order valence-corrected chi connectivity index (χ3v) is 3.97. The second kappa shape index (κ2) is 6.33. The van der Waals surface area contributed by atoms with E-state index in [9.17, 15) is 25.6 Å². The summed E-state index contributed by atoms with van der Waals surface area (Å²) in [7, 11) is 1.68. The fraction of sp³-hybridized carbons (Fsp3) is 0.118. The number of para-hydroxylation sites is 2. The van der Waals surface area contributed by atoms with Crippen molar-refractivity contribution < 1.29 is 20.3 Å². The van der Waals surface area contributed by atoms with Crippen LogP contribution >= 0.6 is 0 Å². The number of fused-ring (bicyclic) bond motifs is 1. The minimum atomic E-state index is -1.31. The van der Waals surface area contributed by atoms with Gasteiger partial charge in [-0.15, -0.1) is 0 Å². The third kappa shape index (κ3) is 2.83. The molecule has 3 rings (SSSR count). The highest BCUT2D eigenvalue weighted by atomic mass is 16.8. The summed E-state index contributed by atoms with van der Waals surface area (Å²) in [5.41, 5.74) is 0.871. The summed E-state index contributed by atoms with van der Waals surface area (Å²) in [6, 6.07) is 12.4. The van der Waals surface area contributed by atoms with Gasteiger partial charge in [0.25, 0.3) is 0 Å². The lowest BCUT2D eigenvalue weighted by Gasteiger charge is -2.16. The summed E-state index contributed by atoms with van der Waals surface area (Å²) < 4.78 is 1.63. The number of nitrogens with zero attached hydrogens (tertiary/aromatic N) is 3. The number of imidazole rings is 1. The normalized spacial score (nSPS) is 13.4. The van der Waals surface area contributed by atoms with E-state index in [1.807, 2.05) is 18.2 Å².